The highest BCUT2D eigenvalue weighted by Gasteiger charge is 2.23. The summed E-state index contributed by atoms with van der Waals surface area (Å²) in [5, 5.41) is 2.95. The largest absolute Gasteiger partial charge is 0.349 e. The third-order valence-corrected chi connectivity index (χ3v) is 6.49. The predicted molar refractivity (Wildman–Crippen MR) is 122 cm³/mol. The lowest BCUT2D eigenvalue weighted by Gasteiger charge is -2.31. The summed E-state index contributed by atoms with van der Waals surface area (Å²) in [7, 11) is 0. The summed E-state index contributed by atoms with van der Waals surface area (Å²) in [6.07, 6.45) is 4.70. The van der Waals surface area contributed by atoms with Crippen LogP contribution in [0.25, 0.3) is 16.5 Å². The Hall–Kier alpha value is -3.32. The van der Waals surface area contributed by atoms with E-state index in [2.05, 4.69) is 5.32 Å². The molecule has 164 valence electrons. The van der Waals surface area contributed by atoms with Crippen molar-refractivity contribution < 1.29 is 18.4 Å². The van der Waals surface area contributed by atoms with Crippen LogP contribution in [0.4, 0.5) is 8.78 Å². The standard InChI is InChI=1S/C25H22F2N2O2S/c26-19-5-1-17(2-6-19)23-11-9-22(32-23)10-12-24(30)29-15-13-21(14-16-29)28-25(31)18-3-7-20(27)8-4-18/h1-12,21H,13-16H2,(H,28,31)/b12-10+. The van der Waals surface area contributed by atoms with Crippen LogP contribution in [0.2, 0.25) is 0 Å². The Morgan fingerprint density at radius 2 is 1.53 bits per heavy atom. The molecule has 32 heavy (non-hydrogen) atoms. The van der Waals surface area contributed by atoms with Crippen molar-refractivity contribution in [3.63, 3.8) is 0 Å². The summed E-state index contributed by atoms with van der Waals surface area (Å²) in [6, 6.07) is 15.6. The first-order valence-electron chi connectivity index (χ1n) is 10.4. The smallest absolute Gasteiger partial charge is 0.251 e. The zero-order chi connectivity index (χ0) is 22.5. The number of benzene rings is 2. The SMILES string of the molecule is O=C(NC1CCN(C(=O)/C=C/c2ccc(-c3ccc(F)cc3)s2)CC1)c1ccc(F)cc1. The molecular weight excluding hydrogens is 430 g/mol. The van der Waals surface area contributed by atoms with Crippen molar-refractivity contribution in [3.05, 3.63) is 88.8 Å². The van der Waals surface area contributed by atoms with Gasteiger partial charge in [0, 0.05) is 40.5 Å². The number of thiophene rings is 1. The van der Waals surface area contributed by atoms with Gasteiger partial charge in [0.15, 0.2) is 0 Å². The Labute approximate surface area is 189 Å². The van der Waals surface area contributed by atoms with Crippen molar-refractivity contribution in [1.82, 2.24) is 10.2 Å². The molecule has 0 atom stereocenters. The molecular formula is C25H22F2N2O2S. The van der Waals surface area contributed by atoms with Gasteiger partial charge in [0.05, 0.1) is 0 Å². The monoisotopic (exact) mass is 452 g/mol. The highest BCUT2D eigenvalue weighted by atomic mass is 32.1. The van der Waals surface area contributed by atoms with Crippen LogP contribution in [0.5, 0.6) is 0 Å². The van der Waals surface area contributed by atoms with Crippen LogP contribution in [0.15, 0.2) is 66.7 Å². The van der Waals surface area contributed by atoms with E-state index < -0.39 is 0 Å². The second kappa shape index (κ2) is 9.87. The van der Waals surface area contributed by atoms with Gasteiger partial charge < -0.3 is 10.2 Å². The van der Waals surface area contributed by atoms with Gasteiger partial charge in [0.2, 0.25) is 5.91 Å². The number of nitrogens with one attached hydrogen (secondary N) is 1. The molecule has 1 aliphatic heterocycles. The Kier molecular flexibility index (Phi) is 6.75. The number of nitrogens with zero attached hydrogens (tertiary/aromatic N) is 1. The van der Waals surface area contributed by atoms with E-state index in [1.165, 1.54) is 47.7 Å². The van der Waals surface area contributed by atoms with Crippen molar-refractivity contribution in [2.45, 2.75) is 18.9 Å². The van der Waals surface area contributed by atoms with E-state index in [4.69, 9.17) is 0 Å². The van der Waals surface area contributed by atoms with Gasteiger partial charge in [-0.2, -0.15) is 0 Å². The van der Waals surface area contributed by atoms with Gasteiger partial charge in [-0.25, -0.2) is 8.78 Å². The van der Waals surface area contributed by atoms with Crippen molar-refractivity contribution in [2.24, 2.45) is 0 Å². The van der Waals surface area contributed by atoms with Crippen LogP contribution in [-0.4, -0.2) is 35.8 Å². The fourth-order valence-corrected chi connectivity index (χ4v) is 4.50. The molecule has 4 nitrogen and oxygen atoms in total. The third kappa shape index (κ3) is 5.48. The molecule has 2 aromatic carbocycles. The third-order valence-electron chi connectivity index (χ3n) is 5.39. The summed E-state index contributed by atoms with van der Waals surface area (Å²) >= 11 is 1.54. The number of halogens is 2. The quantitative estimate of drug-likeness (QED) is 0.546. The average Bonchev–Trinajstić information content (AvgIpc) is 3.28. The minimum Gasteiger partial charge on any atom is -0.349 e. The average molecular weight is 453 g/mol. The first-order valence-corrected chi connectivity index (χ1v) is 11.2. The number of hydrogen-bond acceptors (Lipinski definition) is 3. The highest BCUT2D eigenvalue weighted by Crippen LogP contribution is 2.29. The molecule has 0 saturated carbocycles. The molecule has 1 aromatic heterocycles. The molecule has 2 amide bonds. The Balaban J connectivity index is 1.27. The number of likely N-dealkylation sites (tertiary alicyclic amines) is 1. The van der Waals surface area contributed by atoms with Crippen molar-refractivity contribution in [2.75, 3.05) is 13.1 Å². The van der Waals surface area contributed by atoms with E-state index in [0.717, 1.165) is 15.3 Å². The Morgan fingerprint density at radius 3 is 2.19 bits per heavy atom. The van der Waals surface area contributed by atoms with E-state index in [9.17, 15) is 18.4 Å². The minimum atomic E-state index is -0.379. The number of amides is 2. The van der Waals surface area contributed by atoms with E-state index in [1.54, 1.807) is 29.2 Å². The second-order valence-electron chi connectivity index (χ2n) is 7.62. The molecule has 4 rings (SSSR count). The molecule has 3 aromatic rings. The highest BCUT2D eigenvalue weighted by molar-refractivity contribution is 7.16. The van der Waals surface area contributed by atoms with Gasteiger partial charge in [0.25, 0.3) is 5.91 Å². The van der Waals surface area contributed by atoms with Crippen LogP contribution in [-0.2, 0) is 4.79 Å². The lowest BCUT2D eigenvalue weighted by molar-refractivity contribution is -0.126. The Morgan fingerprint density at radius 1 is 0.906 bits per heavy atom. The van der Waals surface area contributed by atoms with Crippen molar-refractivity contribution >= 4 is 29.2 Å². The van der Waals surface area contributed by atoms with E-state index in [1.807, 2.05) is 12.1 Å². The minimum absolute atomic E-state index is 0.0175. The predicted octanol–water partition coefficient (Wildman–Crippen LogP) is 5.13. The zero-order valence-electron chi connectivity index (χ0n) is 17.3. The van der Waals surface area contributed by atoms with Crippen LogP contribution < -0.4 is 5.32 Å². The summed E-state index contributed by atoms with van der Waals surface area (Å²) in [5.74, 6) is -0.945. The maximum Gasteiger partial charge on any atom is 0.251 e. The molecule has 0 aliphatic carbocycles. The molecule has 1 N–H and O–H groups in total. The van der Waals surface area contributed by atoms with Gasteiger partial charge in [0.1, 0.15) is 11.6 Å². The number of rotatable bonds is 5. The van der Waals surface area contributed by atoms with E-state index in [-0.39, 0.29) is 29.5 Å². The first kappa shape index (κ1) is 21.9. The molecule has 0 radical (unpaired) electrons. The topological polar surface area (TPSA) is 49.4 Å². The summed E-state index contributed by atoms with van der Waals surface area (Å²) < 4.78 is 26.1. The summed E-state index contributed by atoms with van der Waals surface area (Å²) in [5.41, 5.74) is 1.36. The number of piperidine rings is 1. The van der Waals surface area contributed by atoms with Crippen LogP contribution in [0.3, 0.4) is 0 Å². The fraction of sp³-hybridized carbons (Fsp3) is 0.200. The van der Waals surface area contributed by atoms with Gasteiger partial charge in [-0.1, -0.05) is 12.1 Å². The molecule has 0 spiro atoms. The number of carbonyl (C=O) groups is 2. The molecule has 0 bridgehead atoms. The summed E-state index contributed by atoms with van der Waals surface area (Å²) in [6.45, 7) is 1.12. The number of carbonyl (C=O) groups excluding carboxylic acids is 2. The maximum atomic E-state index is 13.1. The van der Waals surface area contributed by atoms with Crippen molar-refractivity contribution in [1.29, 1.82) is 0 Å². The van der Waals surface area contributed by atoms with Crippen LogP contribution in [0, 0.1) is 11.6 Å². The normalized spacial score (nSPS) is 14.6. The van der Waals surface area contributed by atoms with Crippen LogP contribution in [0.1, 0.15) is 28.1 Å². The van der Waals surface area contributed by atoms with Gasteiger partial charge in [-0.15, -0.1) is 11.3 Å². The first-order chi connectivity index (χ1) is 15.5. The zero-order valence-corrected chi connectivity index (χ0v) is 18.1. The van der Waals surface area contributed by atoms with Crippen LogP contribution >= 0.6 is 11.3 Å². The molecule has 0 unspecified atom stereocenters. The Bertz CT molecular complexity index is 1120. The lowest BCUT2D eigenvalue weighted by atomic mass is 10.0. The molecule has 1 fully saturated rings. The molecule has 1 saturated heterocycles. The molecule has 1 aliphatic rings. The van der Waals surface area contributed by atoms with Gasteiger partial charge >= 0.3 is 0 Å². The summed E-state index contributed by atoms with van der Waals surface area (Å²) in [4.78, 5) is 28.5. The van der Waals surface area contributed by atoms with E-state index >= 15 is 0 Å². The van der Waals surface area contributed by atoms with Crippen molar-refractivity contribution in [3.8, 4) is 10.4 Å². The maximum absolute atomic E-state index is 13.1. The fourth-order valence-electron chi connectivity index (χ4n) is 3.58. The number of hydrogen-bond donors (Lipinski definition) is 1. The van der Waals surface area contributed by atoms with Gasteiger partial charge in [-0.05, 0) is 73.0 Å². The van der Waals surface area contributed by atoms with Gasteiger partial charge in [-0.3, -0.25) is 9.59 Å². The molecule has 2 heterocycles. The second-order valence-corrected chi connectivity index (χ2v) is 8.74. The van der Waals surface area contributed by atoms with E-state index in [0.29, 0.717) is 31.5 Å². The lowest BCUT2D eigenvalue weighted by Crippen LogP contribution is -2.46. The molecule has 7 heteroatoms.